The van der Waals surface area contributed by atoms with Gasteiger partial charge in [-0.25, -0.2) is 17.4 Å². The molecule has 1 aromatic carbocycles. The van der Waals surface area contributed by atoms with Gasteiger partial charge in [0.05, 0.1) is 23.6 Å². The maximum absolute atomic E-state index is 12.3. The number of nitrogens with one attached hydrogen (secondary N) is 1. The van der Waals surface area contributed by atoms with Gasteiger partial charge in [-0.15, -0.1) is 0 Å². The first-order valence-electron chi connectivity index (χ1n) is 9.83. The van der Waals surface area contributed by atoms with E-state index in [0.717, 1.165) is 0 Å². The van der Waals surface area contributed by atoms with Crippen LogP contribution in [0.3, 0.4) is 0 Å². The summed E-state index contributed by atoms with van der Waals surface area (Å²) < 4.78 is 31.7. The molecule has 0 radical (unpaired) electrons. The third-order valence-corrected chi connectivity index (χ3v) is 6.92. The number of hydrogen-bond acceptors (Lipinski definition) is 7. The number of piperidine rings is 1. The fraction of sp³-hybridized carbons (Fsp3) is 0.400. The van der Waals surface area contributed by atoms with Crippen LogP contribution in [-0.4, -0.2) is 59.8 Å². The Morgan fingerprint density at radius 3 is 2.55 bits per heavy atom. The molecule has 0 atom stereocenters. The van der Waals surface area contributed by atoms with Gasteiger partial charge in [0.15, 0.2) is 12.4 Å². The summed E-state index contributed by atoms with van der Waals surface area (Å²) in [4.78, 5) is 24.6. The van der Waals surface area contributed by atoms with Crippen LogP contribution in [0.2, 0.25) is 0 Å². The molecule has 31 heavy (non-hydrogen) atoms. The van der Waals surface area contributed by atoms with Crippen molar-refractivity contribution in [3.63, 3.8) is 0 Å². The summed E-state index contributed by atoms with van der Waals surface area (Å²) in [5.41, 5.74) is 0.832. The molecule has 2 heterocycles. The van der Waals surface area contributed by atoms with Crippen LogP contribution in [0.4, 0.5) is 5.82 Å². The third-order valence-electron chi connectivity index (χ3n) is 5.04. The molecule has 0 bridgehead atoms. The summed E-state index contributed by atoms with van der Waals surface area (Å²) >= 11 is 0. The second-order valence-corrected chi connectivity index (χ2v) is 9.25. The van der Waals surface area contributed by atoms with Crippen molar-refractivity contribution >= 4 is 27.7 Å². The summed E-state index contributed by atoms with van der Waals surface area (Å²) in [6, 6.07) is 10.9. The molecular weight excluding hydrogens is 422 g/mol. The van der Waals surface area contributed by atoms with Crippen LogP contribution >= 0.6 is 0 Å². The normalized spacial score (nSPS) is 15.2. The van der Waals surface area contributed by atoms with Crippen LogP contribution < -0.4 is 5.32 Å². The zero-order valence-corrected chi connectivity index (χ0v) is 17.8. The van der Waals surface area contributed by atoms with E-state index in [1.165, 1.54) is 15.2 Å². The number of carbonyl (C=O) groups excluding carboxylic acids is 2. The number of amides is 1. The van der Waals surface area contributed by atoms with E-state index in [9.17, 15) is 23.3 Å². The van der Waals surface area contributed by atoms with Crippen LogP contribution in [0.5, 0.6) is 0 Å². The fourth-order valence-corrected chi connectivity index (χ4v) is 4.42. The average Bonchev–Trinajstić information content (AvgIpc) is 3.20. The predicted octanol–water partition coefficient (Wildman–Crippen LogP) is 1.29. The number of ether oxygens (including phenoxy) is 1. The zero-order valence-electron chi connectivity index (χ0n) is 17.0. The monoisotopic (exact) mass is 445 g/mol. The first kappa shape index (κ1) is 22.5. The standard InChI is InChI=1S/C20H23N5O5S/c1-2-31(28,29)24-10-8-15(9-11-24)20(27)30-14-18(26)23-19-16(12-21)13-22-25(19)17-6-4-3-5-7-17/h3-7,13,15H,2,8-11,14H2,1H3,(H,23,26). The molecule has 0 spiro atoms. The lowest BCUT2D eigenvalue weighted by molar-refractivity contribution is -0.152. The van der Waals surface area contributed by atoms with Gasteiger partial charge in [-0.1, -0.05) is 18.2 Å². The molecule has 1 aliphatic heterocycles. The van der Waals surface area contributed by atoms with E-state index < -0.39 is 34.4 Å². The third kappa shape index (κ3) is 5.28. The van der Waals surface area contributed by atoms with E-state index in [1.54, 1.807) is 31.2 Å². The van der Waals surface area contributed by atoms with Crippen molar-refractivity contribution in [2.24, 2.45) is 5.92 Å². The number of nitriles is 1. The van der Waals surface area contributed by atoms with Gasteiger partial charge in [0.2, 0.25) is 10.0 Å². The number of nitrogens with zero attached hydrogens (tertiary/aromatic N) is 4. The minimum atomic E-state index is -3.28. The van der Waals surface area contributed by atoms with E-state index in [1.807, 2.05) is 12.1 Å². The van der Waals surface area contributed by atoms with Gasteiger partial charge < -0.3 is 10.1 Å². The molecule has 1 aliphatic rings. The molecule has 1 saturated heterocycles. The number of anilines is 1. The van der Waals surface area contributed by atoms with Gasteiger partial charge >= 0.3 is 5.97 Å². The van der Waals surface area contributed by atoms with Gasteiger partial charge in [-0.05, 0) is 31.9 Å². The average molecular weight is 446 g/mol. The highest BCUT2D eigenvalue weighted by Gasteiger charge is 2.31. The molecule has 10 nitrogen and oxygen atoms in total. The smallest absolute Gasteiger partial charge is 0.309 e. The molecule has 2 aromatic rings. The lowest BCUT2D eigenvalue weighted by atomic mass is 9.98. The number of rotatable bonds is 7. The lowest BCUT2D eigenvalue weighted by Crippen LogP contribution is -2.41. The SMILES string of the molecule is CCS(=O)(=O)N1CCC(C(=O)OCC(=O)Nc2c(C#N)cnn2-c2ccccc2)CC1. The molecule has 1 N–H and O–H groups in total. The summed E-state index contributed by atoms with van der Waals surface area (Å²) in [6.07, 6.45) is 2.03. The molecule has 164 valence electrons. The first-order valence-corrected chi connectivity index (χ1v) is 11.4. The maximum atomic E-state index is 12.3. The van der Waals surface area contributed by atoms with Crippen molar-refractivity contribution in [1.29, 1.82) is 5.26 Å². The predicted molar refractivity (Wildman–Crippen MR) is 112 cm³/mol. The van der Waals surface area contributed by atoms with Gasteiger partial charge in [-0.3, -0.25) is 9.59 Å². The van der Waals surface area contributed by atoms with Gasteiger partial charge in [0.1, 0.15) is 11.6 Å². The molecule has 1 aromatic heterocycles. The van der Waals surface area contributed by atoms with Crippen LogP contribution in [-0.2, 0) is 24.3 Å². The minimum Gasteiger partial charge on any atom is -0.455 e. The zero-order chi connectivity index (χ0) is 22.4. The van der Waals surface area contributed by atoms with Crippen molar-refractivity contribution in [2.75, 3.05) is 30.8 Å². The second kappa shape index (κ2) is 9.72. The Morgan fingerprint density at radius 2 is 1.94 bits per heavy atom. The Morgan fingerprint density at radius 1 is 1.26 bits per heavy atom. The Balaban J connectivity index is 1.56. The van der Waals surface area contributed by atoms with Crippen molar-refractivity contribution in [3.8, 4) is 11.8 Å². The minimum absolute atomic E-state index is 0.0204. The largest absolute Gasteiger partial charge is 0.455 e. The van der Waals surface area contributed by atoms with Gasteiger partial charge in [0, 0.05) is 13.1 Å². The van der Waals surface area contributed by atoms with Crippen LogP contribution in [0.15, 0.2) is 36.5 Å². The molecule has 0 saturated carbocycles. The second-order valence-electron chi connectivity index (χ2n) is 7.00. The molecule has 11 heteroatoms. The van der Waals surface area contributed by atoms with Crippen molar-refractivity contribution in [3.05, 3.63) is 42.1 Å². The summed E-state index contributed by atoms with van der Waals surface area (Å²) in [7, 11) is -3.28. The van der Waals surface area contributed by atoms with Crippen molar-refractivity contribution < 1.29 is 22.7 Å². The molecule has 0 aliphatic carbocycles. The van der Waals surface area contributed by atoms with E-state index in [2.05, 4.69) is 10.4 Å². The number of carbonyl (C=O) groups is 2. The highest BCUT2D eigenvalue weighted by molar-refractivity contribution is 7.89. The Hall–Kier alpha value is -3.23. The number of hydrogen-bond donors (Lipinski definition) is 1. The summed E-state index contributed by atoms with van der Waals surface area (Å²) in [5, 5.41) is 16.0. The molecular formula is C20H23N5O5S. The van der Waals surface area contributed by atoms with E-state index in [-0.39, 0.29) is 30.2 Å². The first-order chi connectivity index (χ1) is 14.9. The Bertz CT molecular complexity index is 1080. The Kier molecular flexibility index (Phi) is 7.04. The number of esters is 1. The molecule has 1 amide bonds. The quantitative estimate of drug-likeness (QED) is 0.635. The van der Waals surface area contributed by atoms with Crippen molar-refractivity contribution in [1.82, 2.24) is 14.1 Å². The van der Waals surface area contributed by atoms with Crippen LogP contribution in [0, 0.1) is 17.2 Å². The number of para-hydroxylation sites is 1. The number of aromatic nitrogens is 2. The fourth-order valence-electron chi connectivity index (χ4n) is 3.29. The highest BCUT2D eigenvalue weighted by atomic mass is 32.2. The van der Waals surface area contributed by atoms with Gasteiger partial charge in [-0.2, -0.15) is 10.4 Å². The van der Waals surface area contributed by atoms with Crippen LogP contribution in [0.25, 0.3) is 5.69 Å². The molecule has 1 fully saturated rings. The maximum Gasteiger partial charge on any atom is 0.309 e. The topological polar surface area (TPSA) is 134 Å². The van der Waals surface area contributed by atoms with E-state index in [0.29, 0.717) is 18.5 Å². The van der Waals surface area contributed by atoms with Crippen LogP contribution in [0.1, 0.15) is 25.3 Å². The molecule has 3 rings (SSSR count). The van der Waals surface area contributed by atoms with Crippen molar-refractivity contribution in [2.45, 2.75) is 19.8 Å². The Labute approximate surface area is 180 Å². The summed E-state index contributed by atoms with van der Waals surface area (Å²) in [5.74, 6) is -1.39. The van der Waals surface area contributed by atoms with Gasteiger partial charge in [0.25, 0.3) is 5.91 Å². The molecule has 0 unspecified atom stereocenters. The highest BCUT2D eigenvalue weighted by Crippen LogP contribution is 2.22. The van der Waals surface area contributed by atoms with E-state index >= 15 is 0 Å². The lowest BCUT2D eigenvalue weighted by Gasteiger charge is -2.29. The number of sulfonamides is 1. The van der Waals surface area contributed by atoms with E-state index in [4.69, 9.17) is 4.74 Å². The summed E-state index contributed by atoms with van der Waals surface area (Å²) in [6.45, 7) is 1.57. The number of benzene rings is 1.